The van der Waals surface area contributed by atoms with Crippen molar-refractivity contribution >= 4 is 5.82 Å². The number of aliphatic hydroxyl groups is 1. The Morgan fingerprint density at radius 2 is 1.80 bits per heavy atom. The highest BCUT2D eigenvalue weighted by Gasteiger charge is 2.21. The van der Waals surface area contributed by atoms with Gasteiger partial charge in [-0.1, -0.05) is 20.8 Å². The molecule has 1 aliphatic heterocycles. The predicted octanol–water partition coefficient (Wildman–Crippen LogP) is 1.20. The number of aryl methyl sites for hydroxylation is 1. The number of hydrogen-bond donors (Lipinski definition) is 1. The van der Waals surface area contributed by atoms with Gasteiger partial charge < -0.3 is 10.0 Å². The summed E-state index contributed by atoms with van der Waals surface area (Å²) in [7, 11) is 0. The van der Waals surface area contributed by atoms with Crippen LogP contribution in [0.5, 0.6) is 0 Å². The number of piperazine rings is 1. The number of rotatable bonds is 3. The van der Waals surface area contributed by atoms with Crippen molar-refractivity contribution in [3.8, 4) is 0 Å². The topological polar surface area (TPSA) is 52.5 Å². The summed E-state index contributed by atoms with van der Waals surface area (Å²) in [6.07, 6.45) is 0. The van der Waals surface area contributed by atoms with Crippen LogP contribution in [0.3, 0.4) is 0 Å². The molecule has 1 saturated heterocycles. The number of aromatic nitrogens is 2. The fourth-order valence-electron chi connectivity index (χ4n) is 2.44. The molecule has 0 aromatic carbocycles. The van der Waals surface area contributed by atoms with Gasteiger partial charge in [-0.2, -0.15) is 0 Å². The van der Waals surface area contributed by atoms with Gasteiger partial charge in [0.15, 0.2) is 0 Å². The maximum Gasteiger partial charge on any atom is 0.132 e. The van der Waals surface area contributed by atoms with E-state index in [9.17, 15) is 0 Å². The minimum absolute atomic E-state index is 0.0428. The fraction of sp³-hybridized carbons (Fsp3) is 0.733. The Kier molecular flexibility index (Phi) is 4.60. The molecule has 2 heterocycles. The van der Waals surface area contributed by atoms with Crippen molar-refractivity contribution in [1.29, 1.82) is 0 Å². The highest BCUT2D eigenvalue weighted by atomic mass is 16.3. The van der Waals surface area contributed by atoms with E-state index >= 15 is 0 Å². The van der Waals surface area contributed by atoms with Gasteiger partial charge >= 0.3 is 0 Å². The molecule has 0 atom stereocenters. The first-order valence-corrected chi connectivity index (χ1v) is 7.34. The highest BCUT2D eigenvalue weighted by molar-refractivity contribution is 5.42. The van der Waals surface area contributed by atoms with Crippen LogP contribution >= 0.6 is 0 Å². The zero-order valence-electron chi connectivity index (χ0n) is 13.1. The molecule has 0 aliphatic carbocycles. The molecule has 1 aromatic rings. The maximum absolute atomic E-state index is 8.99. The molecule has 0 saturated carbocycles. The van der Waals surface area contributed by atoms with Gasteiger partial charge in [0.25, 0.3) is 0 Å². The van der Waals surface area contributed by atoms with Crippen LogP contribution in [0.2, 0.25) is 0 Å². The number of hydrogen-bond acceptors (Lipinski definition) is 5. The Hall–Kier alpha value is -1.20. The first kappa shape index (κ1) is 15.2. The average Bonchev–Trinajstić information content (AvgIpc) is 2.38. The molecule has 1 N–H and O–H groups in total. The van der Waals surface area contributed by atoms with Crippen LogP contribution in [0.15, 0.2) is 6.07 Å². The smallest absolute Gasteiger partial charge is 0.132 e. The van der Waals surface area contributed by atoms with Crippen LogP contribution < -0.4 is 4.90 Å². The van der Waals surface area contributed by atoms with E-state index < -0.39 is 0 Å². The number of nitrogens with zero attached hydrogens (tertiary/aromatic N) is 4. The summed E-state index contributed by atoms with van der Waals surface area (Å²) >= 11 is 0. The minimum atomic E-state index is 0.0428. The fourth-order valence-corrected chi connectivity index (χ4v) is 2.44. The third-order valence-electron chi connectivity index (χ3n) is 3.71. The first-order valence-electron chi connectivity index (χ1n) is 7.34. The van der Waals surface area contributed by atoms with Gasteiger partial charge in [-0.25, -0.2) is 9.97 Å². The molecule has 112 valence electrons. The van der Waals surface area contributed by atoms with Gasteiger partial charge in [-0.05, 0) is 6.92 Å². The number of anilines is 1. The van der Waals surface area contributed by atoms with Gasteiger partial charge in [-0.15, -0.1) is 0 Å². The van der Waals surface area contributed by atoms with E-state index in [1.54, 1.807) is 0 Å². The van der Waals surface area contributed by atoms with Gasteiger partial charge in [-0.3, -0.25) is 4.90 Å². The molecular formula is C15H26N4O. The second-order valence-corrected chi connectivity index (χ2v) is 6.46. The Bertz CT molecular complexity index is 448. The van der Waals surface area contributed by atoms with Crippen LogP contribution in [-0.4, -0.2) is 59.3 Å². The van der Waals surface area contributed by atoms with Crippen molar-refractivity contribution in [3.05, 3.63) is 17.6 Å². The summed E-state index contributed by atoms with van der Waals surface area (Å²) in [6.45, 7) is 13.4. The van der Waals surface area contributed by atoms with E-state index in [1.165, 1.54) is 0 Å². The molecule has 1 aromatic heterocycles. The van der Waals surface area contributed by atoms with E-state index in [-0.39, 0.29) is 12.0 Å². The van der Waals surface area contributed by atoms with Crippen molar-refractivity contribution in [2.75, 3.05) is 44.2 Å². The lowest BCUT2D eigenvalue weighted by Gasteiger charge is -2.35. The summed E-state index contributed by atoms with van der Waals surface area (Å²) in [5, 5.41) is 8.99. The van der Waals surface area contributed by atoms with Crippen molar-refractivity contribution in [3.63, 3.8) is 0 Å². The zero-order chi connectivity index (χ0) is 14.8. The molecule has 20 heavy (non-hydrogen) atoms. The monoisotopic (exact) mass is 278 g/mol. The zero-order valence-corrected chi connectivity index (χ0v) is 13.1. The Morgan fingerprint density at radius 3 is 2.35 bits per heavy atom. The average molecular weight is 278 g/mol. The summed E-state index contributed by atoms with van der Waals surface area (Å²) in [4.78, 5) is 13.8. The number of β-amino-alcohol motifs (C(OH)–C–C–N with tert-alkyl or cyclic N) is 1. The second-order valence-electron chi connectivity index (χ2n) is 6.46. The molecule has 2 rings (SSSR count). The lowest BCUT2D eigenvalue weighted by molar-refractivity contribution is 0.188. The van der Waals surface area contributed by atoms with E-state index in [0.717, 1.165) is 50.1 Å². The minimum Gasteiger partial charge on any atom is -0.395 e. The lowest BCUT2D eigenvalue weighted by atomic mass is 9.92. The van der Waals surface area contributed by atoms with E-state index in [0.29, 0.717) is 0 Å². The third kappa shape index (κ3) is 3.67. The Balaban J connectivity index is 2.12. The second kappa shape index (κ2) is 6.06. The molecular weight excluding hydrogens is 252 g/mol. The van der Waals surface area contributed by atoms with Crippen molar-refractivity contribution in [2.45, 2.75) is 33.1 Å². The summed E-state index contributed by atoms with van der Waals surface area (Å²) in [5.41, 5.74) is 1.14. The van der Waals surface area contributed by atoms with Crippen LogP contribution in [0.25, 0.3) is 0 Å². The van der Waals surface area contributed by atoms with Crippen LogP contribution in [-0.2, 0) is 5.41 Å². The van der Waals surface area contributed by atoms with Gasteiger partial charge in [0.1, 0.15) is 11.6 Å². The van der Waals surface area contributed by atoms with E-state index in [2.05, 4.69) is 46.6 Å². The highest BCUT2D eigenvalue weighted by Crippen LogP contribution is 2.24. The maximum atomic E-state index is 8.99. The molecule has 1 aliphatic rings. The van der Waals surface area contributed by atoms with E-state index in [4.69, 9.17) is 5.11 Å². The van der Waals surface area contributed by atoms with Crippen LogP contribution in [0.1, 0.15) is 32.3 Å². The van der Waals surface area contributed by atoms with Crippen molar-refractivity contribution in [1.82, 2.24) is 14.9 Å². The predicted molar refractivity (Wildman–Crippen MR) is 81.2 cm³/mol. The lowest BCUT2D eigenvalue weighted by Crippen LogP contribution is -2.47. The molecule has 0 spiro atoms. The third-order valence-corrected chi connectivity index (χ3v) is 3.71. The van der Waals surface area contributed by atoms with Crippen LogP contribution in [0.4, 0.5) is 5.82 Å². The van der Waals surface area contributed by atoms with Crippen LogP contribution in [0, 0.1) is 6.92 Å². The molecule has 5 nitrogen and oxygen atoms in total. The number of aliphatic hydroxyl groups excluding tert-OH is 1. The summed E-state index contributed by atoms with van der Waals surface area (Å²) < 4.78 is 0. The Labute approximate surface area is 121 Å². The first-order chi connectivity index (χ1) is 9.40. The Morgan fingerprint density at radius 1 is 1.15 bits per heavy atom. The van der Waals surface area contributed by atoms with Gasteiger partial charge in [0.2, 0.25) is 0 Å². The summed E-state index contributed by atoms with van der Waals surface area (Å²) in [6, 6.07) is 2.12. The normalized spacial score (nSPS) is 17.6. The standard InChI is InChI=1S/C15H26N4O/c1-12-16-13(15(2,3)4)11-14(17-12)19-7-5-18(6-8-19)9-10-20/h11,20H,5-10H2,1-4H3. The van der Waals surface area contributed by atoms with Crippen molar-refractivity contribution < 1.29 is 5.11 Å². The van der Waals surface area contributed by atoms with Crippen molar-refractivity contribution in [2.24, 2.45) is 0 Å². The SMILES string of the molecule is Cc1nc(N2CCN(CCO)CC2)cc(C(C)(C)C)n1. The quantitative estimate of drug-likeness (QED) is 0.900. The summed E-state index contributed by atoms with van der Waals surface area (Å²) in [5.74, 6) is 1.87. The van der Waals surface area contributed by atoms with Gasteiger partial charge in [0.05, 0.1) is 12.3 Å². The molecule has 0 bridgehead atoms. The van der Waals surface area contributed by atoms with E-state index in [1.807, 2.05) is 6.92 Å². The molecule has 0 amide bonds. The van der Waals surface area contributed by atoms with Gasteiger partial charge in [0, 0.05) is 44.2 Å². The molecule has 1 fully saturated rings. The molecule has 0 unspecified atom stereocenters. The molecule has 5 heteroatoms. The molecule has 0 radical (unpaired) electrons. The largest absolute Gasteiger partial charge is 0.395 e.